The van der Waals surface area contributed by atoms with Gasteiger partial charge in [0, 0.05) is 11.3 Å². The second kappa shape index (κ2) is 5.90. The van der Waals surface area contributed by atoms with Crippen molar-refractivity contribution in [3.8, 4) is 0 Å². The second-order valence-electron chi connectivity index (χ2n) is 5.56. The largest absolute Gasteiger partial charge is 0.481 e. The Labute approximate surface area is 136 Å². The minimum absolute atomic E-state index is 0.0984. The number of rotatable bonds is 4. The van der Waals surface area contributed by atoms with E-state index in [0.29, 0.717) is 12.1 Å². The molecule has 0 bridgehead atoms. The number of nitrogens with one attached hydrogen (secondary N) is 1. The zero-order valence-electron chi connectivity index (χ0n) is 12.1. The van der Waals surface area contributed by atoms with Crippen molar-refractivity contribution in [2.24, 2.45) is 11.8 Å². The summed E-state index contributed by atoms with van der Waals surface area (Å²) in [5, 5.41) is 20.1. The fourth-order valence-electron chi connectivity index (χ4n) is 2.28. The van der Waals surface area contributed by atoms with Gasteiger partial charge in [0.1, 0.15) is 0 Å². The molecule has 0 unspecified atom stereocenters. The highest BCUT2D eigenvalue weighted by Gasteiger charge is 2.71. The topological polar surface area (TPSA) is 86.6 Å². The average Bonchev–Trinajstić information content (AvgIpc) is 3.25. The molecule has 1 aromatic rings. The molecule has 11 heteroatoms. The van der Waals surface area contributed by atoms with Gasteiger partial charge >= 0.3 is 18.3 Å². The monoisotopic (exact) mass is 371 g/mol. The number of benzene rings is 1. The number of carbonyl (C=O) groups is 2. The molecule has 1 aromatic carbocycles. The Kier molecular flexibility index (Phi) is 4.49. The third-order valence-corrected chi connectivity index (χ3v) is 3.84. The molecule has 5 nitrogen and oxygen atoms in total. The van der Waals surface area contributed by atoms with Gasteiger partial charge in [-0.3, -0.25) is 9.59 Å². The van der Waals surface area contributed by atoms with E-state index in [1.807, 2.05) is 0 Å². The van der Waals surface area contributed by atoms with Crippen LogP contribution >= 0.6 is 0 Å². The average molecular weight is 371 g/mol. The fraction of sp³-hybridized carbons (Fsp3) is 0.429. The summed E-state index contributed by atoms with van der Waals surface area (Å²) in [5.74, 6) is -3.54. The van der Waals surface area contributed by atoms with Crippen LogP contribution in [0.1, 0.15) is 12.0 Å². The molecule has 0 saturated heterocycles. The van der Waals surface area contributed by atoms with E-state index in [0.717, 1.165) is 12.1 Å². The zero-order valence-corrected chi connectivity index (χ0v) is 12.1. The summed E-state index contributed by atoms with van der Waals surface area (Å²) in [6.07, 6.45) is -11.9. The molecule has 138 valence electrons. The molecule has 0 heterocycles. The van der Waals surface area contributed by atoms with Gasteiger partial charge in [-0.05, 0) is 18.6 Å². The zero-order chi connectivity index (χ0) is 19.2. The number of anilines is 1. The standard InChI is InChI=1S/C14H11F6NO4/c15-13(16,17)12(25,14(18,19)20)6-1-3-7(4-2-6)21-10(22)8-5-9(8)11(23)24/h1-4,8-9,25H,5H2,(H,21,22)(H,23,24)/t8-,9+/m0/s1. The van der Waals surface area contributed by atoms with Gasteiger partial charge in [-0.1, -0.05) is 12.1 Å². The van der Waals surface area contributed by atoms with Crippen molar-refractivity contribution in [1.82, 2.24) is 0 Å². The Morgan fingerprint density at radius 2 is 1.44 bits per heavy atom. The number of carboxylic acids is 1. The minimum atomic E-state index is -6.00. The number of carbonyl (C=O) groups excluding carboxylic acids is 1. The molecule has 1 saturated carbocycles. The summed E-state index contributed by atoms with van der Waals surface area (Å²) >= 11 is 0. The number of alkyl halides is 6. The van der Waals surface area contributed by atoms with E-state index in [4.69, 9.17) is 5.11 Å². The van der Waals surface area contributed by atoms with Crippen molar-refractivity contribution in [2.75, 3.05) is 5.32 Å². The van der Waals surface area contributed by atoms with Gasteiger partial charge < -0.3 is 15.5 Å². The van der Waals surface area contributed by atoms with E-state index in [9.17, 15) is 41.0 Å². The molecular formula is C14H11F6NO4. The van der Waals surface area contributed by atoms with Gasteiger partial charge in [0.2, 0.25) is 5.91 Å². The molecule has 1 fully saturated rings. The number of aliphatic carboxylic acids is 1. The molecular weight excluding hydrogens is 360 g/mol. The van der Waals surface area contributed by atoms with Crippen LogP contribution < -0.4 is 5.32 Å². The minimum Gasteiger partial charge on any atom is -0.481 e. The predicted molar refractivity (Wildman–Crippen MR) is 70.3 cm³/mol. The molecule has 2 atom stereocenters. The van der Waals surface area contributed by atoms with Gasteiger partial charge in [-0.15, -0.1) is 0 Å². The van der Waals surface area contributed by atoms with Gasteiger partial charge in [0.15, 0.2) is 0 Å². The first-order chi connectivity index (χ1) is 11.3. The van der Waals surface area contributed by atoms with Crippen LogP contribution in [0.25, 0.3) is 0 Å². The van der Waals surface area contributed by atoms with Crippen LogP contribution in [0, 0.1) is 11.8 Å². The van der Waals surface area contributed by atoms with Crippen LogP contribution in [-0.4, -0.2) is 34.4 Å². The lowest BCUT2D eigenvalue weighted by Crippen LogP contribution is -2.53. The third kappa shape index (κ3) is 3.41. The molecule has 3 N–H and O–H groups in total. The van der Waals surface area contributed by atoms with Crippen LogP contribution in [0.3, 0.4) is 0 Å². The SMILES string of the molecule is O=C(Nc1ccc(C(O)(C(F)(F)F)C(F)(F)F)cc1)[C@H]1C[C@H]1C(=O)O. The molecule has 1 aliphatic rings. The molecule has 2 rings (SSSR count). The second-order valence-corrected chi connectivity index (χ2v) is 5.56. The summed E-state index contributed by atoms with van der Waals surface area (Å²) in [6.45, 7) is 0. The number of halogens is 6. The summed E-state index contributed by atoms with van der Waals surface area (Å²) in [7, 11) is 0. The van der Waals surface area contributed by atoms with Gasteiger partial charge in [-0.2, -0.15) is 26.3 Å². The van der Waals surface area contributed by atoms with E-state index in [2.05, 4.69) is 5.32 Å². The van der Waals surface area contributed by atoms with Crippen molar-refractivity contribution in [2.45, 2.75) is 24.4 Å². The molecule has 0 spiro atoms. The van der Waals surface area contributed by atoms with Crippen molar-refractivity contribution in [3.63, 3.8) is 0 Å². The van der Waals surface area contributed by atoms with Gasteiger partial charge in [0.05, 0.1) is 11.8 Å². The molecule has 0 aliphatic heterocycles. The van der Waals surface area contributed by atoms with Crippen molar-refractivity contribution in [3.05, 3.63) is 29.8 Å². The molecule has 0 aromatic heterocycles. The number of hydrogen-bond acceptors (Lipinski definition) is 3. The first-order valence-electron chi connectivity index (χ1n) is 6.79. The maximum atomic E-state index is 12.7. The van der Waals surface area contributed by atoms with E-state index >= 15 is 0 Å². The first-order valence-corrected chi connectivity index (χ1v) is 6.79. The van der Waals surface area contributed by atoms with E-state index in [1.54, 1.807) is 0 Å². The molecule has 0 radical (unpaired) electrons. The van der Waals surface area contributed by atoms with E-state index in [1.165, 1.54) is 0 Å². The van der Waals surface area contributed by atoms with E-state index < -0.39 is 47.2 Å². The summed E-state index contributed by atoms with van der Waals surface area (Å²) in [6, 6.07) is 2.29. The summed E-state index contributed by atoms with van der Waals surface area (Å²) in [4.78, 5) is 22.4. The lowest BCUT2D eigenvalue weighted by molar-refractivity contribution is -0.376. The number of hydrogen-bond donors (Lipinski definition) is 3. The van der Waals surface area contributed by atoms with Crippen molar-refractivity contribution in [1.29, 1.82) is 0 Å². The number of carboxylic acid groups (broad SMARTS) is 1. The maximum Gasteiger partial charge on any atom is 0.430 e. The van der Waals surface area contributed by atoms with Crippen LogP contribution in [0.5, 0.6) is 0 Å². The Bertz CT molecular complexity index is 668. The van der Waals surface area contributed by atoms with Crippen LogP contribution in [0.4, 0.5) is 32.0 Å². The number of aliphatic hydroxyl groups is 1. The highest BCUT2D eigenvalue weighted by molar-refractivity contribution is 5.98. The smallest absolute Gasteiger partial charge is 0.430 e. The fourth-order valence-corrected chi connectivity index (χ4v) is 2.28. The van der Waals surface area contributed by atoms with Gasteiger partial charge in [-0.25, -0.2) is 0 Å². The molecule has 1 amide bonds. The Morgan fingerprint density at radius 1 is 0.960 bits per heavy atom. The lowest BCUT2D eigenvalue weighted by atomic mass is 9.92. The quantitative estimate of drug-likeness (QED) is 0.711. The van der Waals surface area contributed by atoms with Gasteiger partial charge in [0.25, 0.3) is 5.60 Å². The highest BCUT2D eigenvalue weighted by Crippen LogP contribution is 2.50. The highest BCUT2D eigenvalue weighted by atomic mass is 19.4. The van der Waals surface area contributed by atoms with Crippen molar-refractivity contribution < 1.29 is 46.1 Å². The third-order valence-electron chi connectivity index (χ3n) is 3.84. The van der Waals surface area contributed by atoms with E-state index in [-0.39, 0.29) is 12.1 Å². The van der Waals surface area contributed by atoms with Crippen molar-refractivity contribution >= 4 is 17.6 Å². The van der Waals surface area contributed by atoms with Crippen LogP contribution in [0.2, 0.25) is 0 Å². The van der Waals surface area contributed by atoms with Crippen LogP contribution in [-0.2, 0) is 15.2 Å². The number of amides is 1. The molecule has 1 aliphatic carbocycles. The Morgan fingerprint density at radius 3 is 1.80 bits per heavy atom. The molecule has 25 heavy (non-hydrogen) atoms. The maximum absolute atomic E-state index is 12.7. The predicted octanol–water partition coefficient (Wildman–Crippen LogP) is 2.66. The normalized spacial score (nSPS) is 20.9. The summed E-state index contributed by atoms with van der Waals surface area (Å²) < 4.78 is 76.4. The van der Waals surface area contributed by atoms with Crippen LogP contribution in [0.15, 0.2) is 24.3 Å². The Balaban J connectivity index is 2.19. The summed E-state index contributed by atoms with van der Waals surface area (Å²) in [5.41, 5.74) is -6.63. The first kappa shape index (κ1) is 19.0. The lowest BCUT2D eigenvalue weighted by Gasteiger charge is -2.32. The Hall–Kier alpha value is -2.30.